The molecule has 0 unspecified atom stereocenters. The van der Waals surface area contributed by atoms with Crippen molar-refractivity contribution < 1.29 is 62.3 Å². The highest BCUT2D eigenvalue weighted by Gasteiger charge is 2.42. The van der Waals surface area contributed by atoms with Gasteiger partial charge in [0, 0.05) is 45.3 Å². The lowest BCUT2D eigenvalue weighted by molar-refractivity contribution is -0.144. The molecule has 2 aromatic carbocycles. The molecule has 22 N–H and O–H groups in total. The first kappa shape index (κ1) is 78.5. The molecule has 13 amide bonds. The number of benzene rings is 2. The lowest BCUT2D eigenvalue weighted by Crippen LogP contribution is -2.60. The van der Waals surface area contributed by atoms with Crippen molar-refractivity contribution in [3.05, 3.63) is 71.8 Å². The van der Waals surface area contributed by atoms with Crippen LogP contribution in [0.3, 0.4) is 0 Å². The molecule has 32 heteroatoms. The molecule has 31 nitrogen and oxygen atoms in total. The Bertz CT molecular complexity index is 2960. The van der Waals surface area contributed by atoms with Crippen LogP contribution in [0.2, 0.25) is 0 Å². The van der Waals surface area contributed by atoms with E-state index in [4.69, 9.17) is 40.1 Å². The number of nitrogens with zero attached hydrogens (tertiary/aromatic N) is 3. The second-order valence-corrected chi connectivity index (χ2v) is 25.1. The first-order chi connectivity index (χ1) is 45.2. The molecule has 0 aromatic heterocycles. The molecule has 0 aliphatic carbocycles. The number of rotatable bonds is 42. The third-order valence-electron chi connectivity index (χ3n) is 16.0. The van der Waals surface area contributed by atoms with Gasteiger partial charge in [-0.3, -0.25) is 67.3 Å². The van der Waals surface area contributed by atoms with E-state index in [-0.39, 0.29) is 83.0 Å². The van der Waals surface area contributed by atoms with Gasteiger partial charge in [-0.15, -0.1) is 0 Å². The largest absolute Gasteiger partial charge is 0.370 e. The van der Waals surface area contributed by atoms with Crippen LogP contribution in [0.25, 0.3) is 0 Å². The maximum Gasteiger partial charge on any atom is 0.245 e. The van der Waals surface area contributed by atoms with E-state index >= 15 is 0 Å². The number of carbonyl (C=O) groups excluding carboxylic acids is 13. The highest BCUT2D eigenvalue weighted by atomic mass is 32.2. The van der Waals surface area contributed by atoms with Crippen LogP contribution < -0.4 is 82.7 Å². The molecule has 0 bridgehead atoms. The number of aliphatic imine (C=N–C) groups is 1. The fraction of sp³-hybridized carbons (Fsp3) is 0.587. The number of hydrogen-bond donors (Lipinski definition) is 15. The Labute approximate surface area is 558 Å². The van der Waals surface area contributed by atoms with Crippen molar-refractivity contribution in [2.24, 2.45) is 51.0 Å². The second-order valence-electron chi connectivity index (χ2n) is 24.1. The van der Waals surface area contributed by atoms with Gasteiger partial charge in [0.25, 0.3) is 0 Å². The van der Waals surface area contributed by atoms with E-state index in [1.54, 1.807) is 60.7 Å². The van der Waals surface area contributed by atoms with E-state index in [1.165, 1.54) is 21.6 Å². The summed E-state index contributed by atoms with van der Waals surface area (Å²) in [5, 5.41) is 21.1. The van der Waals surface area contributed by atoms with Crippen molar-refractivity contribution in [3.63, 3.8) is 0 Å². The molecule has 2 aliphatic heterocycles. The van der Waals surface area contributed by atoms with Gasteiger partial charge in [-0.25, -0.2) is 0 Å². The van der Waals surface area contributed by atoms with Crippen LogP contribution in [0.5, 0.6) is 0 Å². The molecule has 10 atom stereocenters. The molecule has 2 fully saturated rings. The highest BCUT2D eigenvalue weighted by Crippen LogP contribution is 2.24. The van der Waals surface area contributed by atoms with E-state index in [0.29, 0.717) is 55.4 Å². The fourth-order valence-corrected chi connectivity index (χ4v) is 11.5. The van der Waals surface area contributed by atoms with E-state index in [9.17, 15) is 62.3 Å². The molecule has 524 valence electrons. The van der Waals surface area contributed by atoms with Crippen LogP contribution in [-0.2, 0) is 75.2 Å². The number of likely N-dealkylation sites (tertiary alicyclic amines) is 2. The molecule has 2 aromatic rings. The SMILES string of the molecule is CSCC[C@H](NC(=O)[C@@H](CC(C)C)NC(=O)CNC(=O)[C@H](Cc1ccccc1)NC(=O)[C@H](Cc1ccccc1)NC(=O)[C@@H](CCC(N)=O)NC(=O)[C@@H](CCC(N)=O)NC(=O)[C@H]1CCCN1C(=O)[C@H](CCCCN)NC(=O)[C@H]1CCCN1C(=O)[C@H](N)CCCN=C(N)N)C(N)=O. The molecular formula is C63H98N18O13S. The Balaban J connectivity index is 1.56. The topological polar surface area (TPSA) is 519 Å². The minimum Gasteiger partial charge on any atom is -0.370 e. The average molecular weight is 1350 g/mol. The molecule has 4 rings (SSSR count). The zero-order chi connectivity index (χ0) is 70.1. The molecule has 0 radical (unpaired) electrons. The lowest BCUT2D eigenvalue weighted by Gasteiger charge is -2.32. The molecular weight excluding hydrogens is 1250 g/mol. The zero-order valence-electron chi connectivity index (χ0n) is 54.5. The summed E-state index contributed by atoms with van der Waals surface area (Å²) in [5.41, 5.74) is 40.6. The van der Waals surface area contributed by atoms with Gasteiger partial charge < -0.3 is 92.5 Å². The summed E-state index contributed by atoms with van der Waals surface area (Å²) in [5.74, 6) is -9.80. The predicted octanol–water partition coefficient (Wildman–Crippen LogP) is -3.71. The Kier molecular flexibility index (Phi) is 33.9. The van der Waals surface area contributed by atoms with E-state index in [2.05, 4.69) is 47.5 Å². The number of unbranched alkanes of at least 4 members (excludes halogenated alkanes) is 1. The van der Waals surface area contributed by atoms with Crippen molar-refractivity contribution in [1.29, 1.82) is 0 Å². The van der Waals surface area contributed by atoms with Gasteiger partial charge in [0.15, 0.2) is 5.96 Å². The van der Waals surface area contributed by atoms with Crippen molar-refractivity contribution in [2.75, 3.05) is 44.7 Å². The van der Waals surface area contributed by atoms with Crippen LogP contribution >= 0.6 is 11.8 Å². The Morgan fingerprint density at radius 2 is 1.01 bits per heavy atom. The number of primary amides is 3. The maximum atomic E-state index is 14.7. The van der Waals surface area contributed by atoms with Gasteiger partial charge in [0.05, 0.1) is 12.6 Å². The summed E-state index contributed by atoms with van der Waals surface area (Å²) in [4.78, 5) is 185. The van der Waals surface area contributed by atoms with Crippen LogP contribution in [0.4, 0.5) is 0 Å². The number of nitrogens with two attached hydrogens (primary N) is 7. The maximum absolute atomic E-state index is 14.7. The summed E-state index contributed by atoms with van der Waals surface area (Å²) >= 11 is 1.45. The minimum atomic E-state index is -1.64. The number of thioether (sulfide) groups is 1. The molecule has 2 heterocycles. The van der Waals surface area contributed by atoms with Crippen molar-refractivity contribution in [3.8, 4) is 0 Å². The summed E-state index contributed by atoms with van der Waals surface area (Å²) < 4.78 is 0. The number of amides is 13. The van der Waals surface area contributed by atoms with E-state index in [1.807, 2.05) is 20.1 Å². The monoisotopic (exact) mass is 1350 g/mol. The highest BCUT2D eigenvalue weighted by molar-refractivity contribution is 7.98. The van der Waals surface area contributed by atoms with Gasteiger partial charge in [0.1, 0.15) is 54.4 Å². The van der Waals surface area contributed by atoms with Gasteiger partial charge in [-0.05, 0) is 119 Å². The predicted molar refractivity (Wildman–Crippen MR) is 356 cm³/mol. The zero-order valence-corrected chi connectivity index (χ0v) is 55.3. The standard InChI is InChI=1S/C63H98N18O13S/c1-37(2)33-45(57(89)74-41(53(68)85)27-32-95-3)73-52(84)36-72-54(86)46(34-38-15-6-4-7-16-38)78-58(90)47(35-39-17-8-5-9-18-39)79-56(88)42(23-25-50(66)82)75-55(87)43(24-26-51(67)83)76-59(91)49-22-14-31-81(49)62(94)44(20-10-11-28-64)77-60(92)48-21-13-30-80(48)61(93)40(65)19-12-29-71-63(69)70/h4-9,15-18,37,40-49H,10-14,19-36,64-65H2,1-3H3,(H2,66,82)(H2,67,83)(H2,68,85)(H,72,86)(H,73,84)(H,74,89)(H,75,87)(H,76,91)(H,77,92)(H,78,90)(H,79,88)(H4,69,70,71)/t40-,41+,42-,43-,44+,45-,46+,47+,48-,49-/m1/s1. The normalized spacial score (nSPS) is 16.8. The van der Waals surface area contributed by atoms with Crippen molar-refractivity contribution >= 4 is 94.5 Å². The van der Waals surface area contributed by atoms with E-state index < -0.39 is 169 Å². The van der Waals surface area contributed by atoms with Gasteiger partial charge in [-0.2, -0.15) is 11.8 Å². The quantitative estimate of drug-likeness (QED) is 0.0173. The Morgan fingerprint density at radius 1 is 0.537 bits per heavy atom. The molecule has 2 aliphatic rings. The lowest BCUT2D eigenvalue weighted by atomic mass is 10.0. The molecule has 95 heavy (non-hydrogen) atoms. The minimum absolute atomic E-state index is 0.0736. The summed E-state index contributed by atoms with van der Waals surface area (Å²) in [6.45, 7) is 3.86. The smallest absolute Gasteiger partial charge is 0.245 e. The third-order valence-corrected chi connectivity index (χ3v) is 16.7. The van der Waals surface area contributed by atoms with Gasteiger partial charge >= 0.3 is 0 Å². The molecule has 0 saturated carbocycles. The molecule has 2 saturated heterocycles. The number of carbonyl (C=O) groups is 13. The number of nitrogens with one attached hydrogen (secondary N) is 8. The van der Waals surface area contributed by atoms with Crippen LogP contribution in [-0.4, -0.2) is 198 Å². The summed E-state index contributed by atoms with van der Waals surface area (Å²) in [6.07, 6.45) is 3.12. The van der Waals surface area contributed by atoms with Gasteiger partial charge in [-0.1, -0.05) is 74.5 Å². The Hall–Kier alpha value is -8.91. The second kappa shape index (κ2) is 41.0. The number of guanidine groups is 1. The first-order valence-electron chi connectivity index (χ1n) is 32.2. The molecule has 0 spiro atoms. The number of hydrogen-bond acceptors (Lipinski definition) is 17. The van der Waals surface area contributed by atoms with Crippen LogP contribution in [0.15, 0.2) is 65.7 Å². The summed E-state index contributed by atoms with van der Waals surface area (Å²) in [6, 6.07) is 4.51. The summed E-state index contributed by atoms with van der Waals surface area (Å²) in [7, 11) is 0. The van der Waals surface area contributed by atoms with Crippen molar-refractivity contribution in [2.45, 2.75) is 183 Å². The van der Waals surface area contributed by atoms with E-state index in [0.717, 1.165) is 0 Å². The fourth-order valence-electron chi connectivity index (χ4n) is 11.0. The third kappa shape index (κ3) is 27.5. The first-order valence-corrected chi connectivity index (χ1v) is 33.6. The van der Waals surface area contributed by atoms with Crippen LogP contribution in [0, 0.1) is 5.92 Å². The Morgan fingerprint density at radius 3 is 1.51 bits per heavy atom. The van der Waals surface area contributed by atoms with Crippen molar-refractivity contribution in [1.82, 2.24) is 52.3 Å². The van der Waals surface area contributed by atoms with Gasteiger partial charge in [0.2, 0.25) is 76.8 Å². The average Bonchev–Trinajstić information content (AvgIpc) is 1.74. The van der Waals surface area contributed by atoms with Crippen LogP contribution in [0.1, 0.15) is 121 Å².